The van der Waals surface area contributed by atoms with Crippen molar-refractivity contribution in [3.05, 3.63) is 0 Å². The van der Waals surface area contributed by atoms with Gasteiger partial charge >= 0.3 is 0 Å². The highest BCUT2D eigenvalue weighted by molar-refractivity contribution is 8.00. The van der Waals surface area contributed by atoms with Gasteiger partial charge in [0.15, 0.2) is 5.96 Å². The lowest BCUT2D eigenvalue weighted by Crippen LogP contribution is -2.51. The van der Waals surface area contributed by atoms with Crippen LogP contribution in [0.25, 0.3) is 0 Å². The van der Waals surface area contributed by atoms with E-state index in [-0.39, 0.29) is 5.41 Å². The van der Waals surface area contributed by atoms with Crippen molar-refractivity contribution in [2.24, 2.45) is 16.3 Å². The van der Waals surface area contributed by atoms with Gasteiger partial charge in [-0.15, -0.1) is 0 Å². The van der Waals surface area contributed by atoms with E-state index in [0.29, 0.717) is 5.25 Å². The Morgan fingerprint density at radius 1 is 1.43 bits per heavy atom. The minimum atomic E-state index is 0.238. The van der Waals surface area contributed by atoms with Gasteiger partial charge in [0, 0.05) is 44.2 Å². The summed E-state index contributed by atoms with van der Waals surface area (Å²) in [4.78, 5) is 9.17. The molecule has 1 N–H and O–H groups in total. The fraction of sp³-hybridized carbons (Fsp3) is 0.938. The monoisotopic (exact) mass is 314 g/mol. The van der Waals surface area contributed by atoms with Crippen LogP contribution in [-0.2, 0) is 0 Å². The Kier molecular flexibility index (Phi) is 7.34. The quantitative estimate of drug-likeness (QED) is 0.623. The summed E-state index contributed by atoms with van der Waals surface area (Å²) in [6.45, 7) is 13.5. The molecule has 1 atom stereocenters. The standard InChI is InChI=1S/C16H34N4S/c1-13(2)14-10-20(8-9-21-14)15(17-5)18-11-16(3,4)12-19(6)7/h13-14H,8-12H2,1-7H3,(H,17,18). The van der Waals surface area contributed by atoms with Crippen LogP contribution in [0.3, 0.4) is 0 Å². The SMILES string of the molecule is CN=C(NCC(C)(C)CN(C)C)N1CCSC(C(C)C)C1. The number of guanidine groups is 1. The molecule has 1 heterocycles. The van der Waals surface area contributed by atoms with Gasteiger partial charge in [0.1, 0.15) is 0 Å². The molecule has 1 aliphatic rings. The molecule has 0 aliphatic carbocycles. The van der Waals surface area contributed by atoms with Crippen LogP contribution in [0.1, 0.15) is 27.7 Å². The van der Waals surface area contributed by atoms with Gasteiger partial charge < -0.3 is 15.1 Å². The molecule has 0 radical (unpaired) electrons. The molecule has 0 spiro atoms. The summed E-state index contributed by atoms with van der Waals surface area (Å²) in [7, 11) is 6.16. The summed E-state index contributed by atoms with van der Waals surface area (Å²) in [6, 6.07) is 0. The van der Waals surface area contributed by atoms with Gasteiger partial charge in [-0.3, -0.25) is 4.99 Å². The van der Waals surface area contributed by atoms with E-state index in [2.05, 4.69) is 73.7 Å². The highest BCUT2D eigenvalue weighted by Crippen LogP contribution is 2.25. The molecule has 0 amide bonds. The van der Waals surface area contributed by atoms with Crippen LogP contribution >= 0.6 is 11.8 Å². The Hall–Kier alpha value is -0.420. The fourth-order valence-electron chi connectivity index (χ4n) is 2.83. The second-order valence-electron chi connectivity index (χ2n) is 7.40. The summed E-state index contributed by atoms with van der Waals surface area (Å²) in [5.41, 5.74) is 0.238. The Balaban J connectivity index is 2.55. The van der Waals surface area contributed by atoms with Gasteiger partial charge in [0.2, 0.25) is 0 Å². The molecule has 0 aromatic heterocycles. The topological polar surface area (TPSA) is 30.9 Å². The molecule has 0 saturated carbocycles. The van der Waals surface area contributed by atoms with Crippen molar-refractivity contribution in [2.75, 3.05) is 53.1 Å². The number of aliphatic imine (C=N–C) groups is 1. The number of hydrogen-bond donors (Lipinski definition) is 1. The first-order valence-electron chi connectivity index (χ1n) is 7.97. The normalized spacial score (nSPS) is 21.3. The molecule has 4 nitrogen and oxygen atoms in total. The molecule has 1 rings (SSSR count). The average Bonchev–Trinajstić information content (AvgIpc) is 2.38. The van der Waals surface area contributed by atoms with Crippen molar-refractivity contribution in [3.63, 3.8) is 0 Å². The number of nitrogens with zero attached hydrogens (tertiary/aromatic N) is 3. The maximum atomic E-state index is 4.50. The largest absolute Gasteiger partial charge is 0.356 e. The zero-order valence-electron chi connectivity index (χ0n) is 14.9. The smallest absolute Gasteiger partial charge is 0.193 e. The van der Waals surface area contributed by atoms with Crippen LogP contribution in [-0.4, -0.2) is 74.1 Å². The maximum absolute atomic E-state index is 4.50. The number of thioether (sulfide) groups is 1. The minimum absolute atomic E-state index is 0.238. The fourth-order valence-corrected chi connectivity index (χ4v) is 4.13. The summed E-state index contributed by atoms with van der Waals surface area (Å²) in [5, 5.41) is 4.30. The third-order valence-electron chi connectivity index (χ3n) is 3.82. The first-order chi connectivity index (χ1) is 9.75. The lowest BCUT2D eigenvalue weighted by Gasteiger charge is -2.37. The third-order valence-corrected chi connectivity index (χ3v) is 5.36. The molecular formula is C16H34N4S. The lowest BCUT2D eigenvalue weighted by atomic mass is 9.93. The first kappa shape index (κ1) is 18.6. The van der Waals surface area contributed by atoms with Crippen molar-refractivity contribution in [3.8, 4) is 0 Å². The Morgan fingerprint density at radius 2 is 2.10 bits per heavy atom. The molecule has 124 valence electrons. The zero-order chi connectivity index (χ0) is 16.0. The van der Waals surface area contributed by atoms with Crippen molar-refractivity contribution in [2.45, 2.75) is 32.9 Å². The summed E-state index contributed by atoms with van der Waals surface area (Å²) in [5.74, 6) is 2.99. The Labute approximate surface area is 135 Å². The van der Waals surface area contributed by atoms with E-state index >= 15 is 0 Å². The van der Waals surface area contributed by atoms with E-state index in [1.165, 1.54) is 5.75 Å². The van der Waals surface area contributed by atoms with Gasteiger partial charge in [0.25, 0.3) is 0 Å². The maximum Gasteiger partial charge on any atom is 0.193 e. The van der Waals surface area contributed by atoms with Crippen LogP contribution in [0.4, 0.5) is 0 Å². The van der Waals surface area contributed by atoms with Crippen LogP contribution in [0.2, 0.25) is 0 Å². The van der Waals surface area contributed by atoms with Crippen LogP contribution in [0.15, 0.2) is 4.99 Å². The van der Waals surface area contributed by atoms with Crippen molar-refractivity contribution < 1.29 is 0 Å². The van der Waals surface area contributed by atoms with Gasteiger partial charge in [-0.05, 0) is 25.4 Å². The second-order valence-corrected chi connectivity index (χ2v) is 8.75. The van der Waals surface area contributed by atoms with E-state index < -0.39 is 0 Å². The lowest BCUT2D eigenvalue weighted by molar-refractivity contribution is 0.238. The van der Waals surface area contributed by atoms with E-state index in [1.807, 2.05) is 7.05 Å². The van der Waals surface area contributed by atoms with E-state index in [4.69, 9.17) is 0 Å². The molecule has 0 aromatic rings. The third kappa shape index (κ3) is 6.47. The molecule has 0 bridgehead atoms. The summed E-state index contributed by atoms with van der Waals surface area (Å²) >= 11 is 2.10. The minimum Gasteiger partial charge on any atom is -0.356 e. The summed E-state index contributed by atoms with van der Waals surface area (Å²) < 4.78 is 0. The average molecular weight is 315 g/mol. The molecule has 1 fully saturated rings. The predicted octanol–water partition coefficient (Wildman–Crippen LogP) is 2.22. The van der Waals surface area contributed by atoms with Crippen LogP contribution in [0.5, 0.6) is 0 Å². The van der Waals surface area contributed by atoms with Crippen molar-refractivity contribution in [1.29, 1.82) is 0 Å². The van der Waals surface area contributed by atoms with Gasteiger partial charge in [0.05, 0.1) is 0 Å². The van der Waals surface area contributed by atoms with E-state index in [1.54, 1.807) is 0 Å². The van der Waals surface area contributed by atoms with Crippen LogP contribution < -0.4 is 5.32 Å². The highest BCUT2D eigenvalue weighted by atomic mass is 32.2. The number of nitrogens with one attached hydrogen (secondary N) is 1. The van der Waals surface area contributed by atoms with Gasteiger partial charge in [-0.25, -0.2) is 0 Å². The molecule has 1 aliphatic heterocycles. The van der Waals surface area contributed by atoms with Gasteiger partial charge in [-0.1, -0.05) is 27.7 Å². The zero-order valence-corrected chi connectivity index (χ0v) is 15.8. The molecule has 1 unspecified atom stereocenters. The number of rotatable bonds is 5. The molecule has 1 saturated heterocycles. The first-order valence-corrected chi connectivity index (χ1v) is 9.02. The van der Waals surface area contributed by atoms with E-state index in [9.17, 15) is 0 Å². The van der Waals surface area contributed by atoms with Crippen molar-refractivity contribution >= 4 is 17.7 Å². The van der Waals surface area contributed by atoms with Crippen molar-refractivity contribution in [1.82, 2.24) is 15.1 Å². The molecular weight excluding hydrogens is 280 g/mol. The highest BCUT2D eigenvalue weighted by Gasteiger charge is 2.26. The molecule has 21 heavy (non-hydrogen) atoms. The molecule has 5 heteroatoms. The predicted molar refractivity (Wildman–Crippen MR) is 96.4 cm³/mol. The second kappa shape index (κ2) is 8.28. The van der Waals surface area contributed by atoms with E-state index in [0.717, 1.165) is 38.1 Å². The Morgan fingerprint density at radius 3 is 2.62 bits per heavy atom. The molecule has 0 aromatic carbocycles. The number of hydrogen-bond acceptors (Lipinski definition) is 3. The Bertz CT molecular complexity index is 339. The summed E-state index contributed by atoms with van der Waals surface area (Å²) in [6.07, 6.45) is 0. The van der Waals surface area contributed by atoms with Gasteiger partial charge in [-0.2, -0.15) is 11.8 Å². The van der Waals surface area contributed by atoms with Crippen LogP contribution in [0, 0.1) is 11.3 Å².